The number of nitro groups is 1. The maximum atomic E-state index is 12.0. The number of amides is 2. The third-order valence-electron chi connectivity index (χ3n) is 3.65. The SMILES string of the molecule is CC(=O)NC1=NC(=O)/C(=C/c2ccccc2OCc2ccc([N+](=O)[O-])cc2)S1. The summed E-state index contributed by atoms with van der Waals surface area (Å²) in [6, 6.07) is 13.3. The molecular formula is C19H15N3O5S. The summed E-state index contributed by atoms with van der Waals surface area (Å²) in [5.41, 5.74) is 1.47. The molecule has 0 saturated heterocycles. The lowest BCUT2D eigenvalue weighted by Gasteiger charge is -2.09. The van der Waals surface area contributed by atoms with Gasteiger partial charge in [-0.3, -0.25) is 19.7 Å². The van der Waals surface area contributed by atoms with Gasteiger partial charge in [0.1, 0.15) is 12.4 Å². The number of rotatable bonds is 5. The van der Waals surface area contributed by atoms with E-state index in [9.17, 15) is 19.7 Å². The molecule has 0 fully saturated rings. The second-order valence-corrected chi connectivity index (χ2v) is 6.79. The van der Waals surface area contributed by atoms with Gasteiger partial charge in [0.05, 0.1) is 9.83 Å². The van der Waals surface area contributed by atoms with Crippen LogP contribution in [0.25, 0.3) is 6.08 Å². The number of carbonyl (C=O) groups is 2. The Morgan fingerprint density at radius 2 is 1.96 bits per heavy atom. The predicted molar refractivity (Wildman–Crippen MR) is 106 cm³/mol. The van der Waals surface area contributed by atoms with Crippen LogP contribution in [0.2, 0.25) is 0 Å². The van der Waals surface area contributed by atoms with Crippen molar-refractivity contribution < 1.29 is 19.2 Å². The number of para-hydroxylation sites is 1. The van der Waals surface area contributed by atoms with Crippen molar-refractivity contribution in [2.45, 2.75) is 13.5 Å². The van der Waals surface area contributed by atoms with Crippen molar-refractivity contribution >= 4 is 40.5 Å². The highest BCUT2D eigenvalue weighted by molar-refractivity contribution is 8.18. The molecule has 3 rings (SSSR count). The molecule has 0 radical (unpaired) electrons. The van der Waals surface area contributed by atoms with Gasteiger partial charge in [-0.1, -0.05) is 18.2 Å². The van der Waals surface area contributed by atoms with E-state index in [0.717, 1.165) is 17.3 Å². The fraction of sp³-hybridized carbons (Fsp3) is 0.105. The van der Waals surface area contributed by atoms with Crippen LogP contribution in [0.15, 0.2) is 58.4 Å². The van der Waals surface area contributed by atoms with Crippen LogP contribution in [0, 0.1) is 10.1 Å². The van der Waals surface area contributed by atoms with Crippen molar-refractivity contribution in [1.82, 2.24) is 5.32 Å². The van der Waals surface area contributed by atoms with E-state index in [4.69, 9.17) is 4.74 Å². The van der Waals surface area contributed by atoms with Crippen LogP contribution in [-0.2, 0) is 16.2 Å². The second-order valence-electron chi connectivity index (χ2n) is 5.76. The zero-order valence-corrected chi connectivity index (χ0v) is 15.6. The average molecular weight is 397 g/mol. The molecule has 142 valence electrons. The Bertz CT molecular complexity index is 999. The fourth-order valence-corrected chi connectivity index (χ4v) is 3.21. The number of ether oxygens (including phenoxy) is 1. The Hall–Kier alpha value is -3.46. The molecule has 0 spiro atoms. The second kappa shape index (κ2) is 8.49. The quantitative estimate of drug-likeness (QED) is 0.471. The number of nitrogens with one attached hydrogen (secondary N) is 1. The maximum Gasteiger partial charge on any atom is 0.286 e. The van der Waals surface area contributed by atoms with E-state index < -0.39 is 10.8 Å². The summed E-state index contributed by atoms with van der Waals surface area (Å²) in [6.07, 6.45) is 1.65. The first-order valence-electron chi connectivity index (χ1n) is 8.17. The smallest absolute Gasteiger partial charge is 0.286 e. The van der Waals surface area contributed by atoms with Crippen LogP contribution in [0.5, 0.6) is 5.75 Å². The molecule has 0 unspecified atom stereocenters. The molecule has 9 heteroatoms. The average Bonchev–Trinajstić information content (AvgIpc) is 2.99. The van der Waals surface area contributed by atoms with E-state index in [0.29, 0.717) is 16.2 Å². The Balaban J connectivity index is 1.72. The van der Waals surface area contributed by atoms with Gasteiger partial charge < -0.3 is 10.1 Å². The molecule has 0 aromatic heterocycles. The molecule has 0 saturated carbocycles. The van der Waals surface area contributed by atoms with Gasteiger partial charge in [0.25, 0.3) is 11.6 Å². The van der Waals surface area contributed by atoms with Gasteiger partial charge >= 0.3 is 0 Å². The van der Waals surface area contributed by atoms with E-state index in [-0.39, 0.29) is 23.4 Å². The normalized spacial score (nSPS) is 14.7. The van der Waals surface area contributed by atoms with E-state index in [1.54, 1.807) is 36.4 Å². The van der Waals surface area contributed by atoms with Crippen LogP contribution < -0.4 is 10.1 Å². The van der Waals surface area contributed by atoms with E-state index in [2.05, 4.69) is 10.3 Å². The summed E-state index contributed by atoms with van der Waals surface area (Å²) in [4.78, 5) is 37.6. The van der Waals surface area contributed by atoms with Crippen LogP contribution >= 0.6 is 11.8 Å². The maximum absolute atomic E-state index is 12.0. The zero-order chi connectivity index (χ0) is 20.1. The van der Waals surface area contributed by atoms with Crippen LogP contribution in [0.1, 0.15) is 18.1 Å². The summed E-state index contributed by atoms with van der Waals surface area (Å²) < 4.78 is 5.82. The first-order chi connectivity index (χ1) is 13.4. The molecule has 2 amide bonds. The molecule has 1 N–H and O–H groups in total. The highest BCUT2D eigenvalue weighted by atomic mass is 32.2. The van der Waals surface area contributed by atoms with Gasteiger partial charge in [0, 0.05) is 24.6 Å². The number of nitro benzene ring substituents is 1. The summed E-state index contributed by atoms with van der Waals surface area (Å²) in [5, 5.41) is 13.5. The predicted octanol–water partition coefficient (Wildman–Crippen LogP) is 3.28. The monoisotopic (exact) mass is 397 g/mol. The third kappa shape index (κ3) is 4.83. The van der Waals surface area contributed by atoms with Gasteiger partial charge in [0.15, 0.2) is 5.17 Å². The number of hydrogen-bond acceptors (Lipinski definition) is 6. The summed E-state index contributed by atoms with van der Waals surface area (Å²) >= 11 is 1.08. The molecule has 2 aromatic carbocycles. The fourth-order valence-electron chi connectivity index (χ4n) is 2.36. The number of carbonyl (C=O) groups excluding carboxylic acids is 2. The molecule has 0 bridgehead atoms. The Morgan fingerprint density at radius 3 is 2.64 bits per heavy atom. The topological polar surface area (TPSA) is 111 Å². The van der Waals surface area contributed by atoms with Crippen molar-refractivity contribution in [3.05, 3.63) is 74.7 Å². The molecule has 1 aliphatic heterocycles. The van der Waals surface area contributed by atoms with Crippen molar-refractivity contribution in [2.75, 3.05) is 0 Å². The molecule has 0 aliphatic carbocycles. The van der Waals surface area contributed by atoms with Crippen molar-refractivity contribution in [2.24, 2.45) is 4.99 Å². The molecule has 0 atom stereocenters. The Morgan fingerprint density at radius 1 is 1.25 bits per heavy atom. The van der Waals surface area contributed by atoms with Crippen LogP contribution in [-0.4, -0.2) is 21.9 Å². The first-order valence-corrected chi connectivity index (χ1v) is 8.99. The highest BCUT2D eigenvalue weighted by Crippen LogP contribution is 2.30. The van der Waals surface area contributed by atoms with Gasteiger partial charge in [-0.25, -0.2) is 0 Å². The minimum atomic E-state index is -0.459. The lowest BCUT2D eigenvalue weighted by molar-refractivity contribution is -0.384. The highest BCUT2D eigenvalue weighted by Gasteiger charge is 2.23. The number of hydrogen-bond donors (Lipinski definition) is 1. The largest absolute Gasteiger partial charge is 0.488 e. The summed E-state index contributed by atoms with van der Waals surface area (Å²) in [5.74, 6) is -0.180. The number of benzene rings is 2. The van der Waals surface area contributed by atoms with Gasteiger partial charge in [-0.15, -0.1) is 0 Å². The van der Waals surface area contributed by atoms with Crippen molar-refractivity contribution in [3.63, 3.8) is 0 Å². The van der Waals surface area contributed by atoms with E-state index in [1.165, 1.54) is 19.1 Å². The summed E-state index contributed by atoms with van der Waals surface area (Å²) in [7, 11) is 0. The van der Waals surface area contributed by atoms with E-state index in [1.807, 2.05) is 6.07 Å². The standard InChI is InChI=1S/C19H15N3O5S/c1-12(23)20-19-21-18(24)17(28-19)10-14-4-2-3-5-16(14)27-11-13-6-8-15(9-7-13)22(25)26/h2-10H,11H2,1H3,(H,20,21,23,24)/b17-10-. The molecule has 8 nitrogen and oxygen atoms in total. The van der Waals surface area contributed by atoms with Crippen LogP contribution in [0.4, 0.5) is 5.69 Å². The first kappa shape index (κ1) is 19.3. The molecule has 1 aliphatic rings. The molecule has 2 aromatic rings. The molecular weight excluding hydrogens is 382 g/mol. The number of non-ortho nitro benzene ring substituents is 1. The number of thioether (sulfide) groups is 1. The van der Waals surface area contributed by atoms with Gasteiger partial charge in [0.2, 0.25) is 5.91 Å². The zero-order valence-electron chi connectivity index (χ0n) is 14.7. The Kier molecular flexibility index (Phi) is 5.85. The van der Waals surface area contributed by atoms with Gasteiger partial charge in [-0.2, -0.15) is 4.99 Å². The molecule has 28 heavy (non-hydrogen) atoms. The van der Waals surface area contributed by atoms with Crippen molar-refractivity contribution in [3.8, 4) is 5.75 Å². The minimum absolute atomic E-state index is 0.0145. The van der Waals surface area contributed by atoms with Gasteiger partial charge in [-0.05, 0) is 41.6 Å². The van der Waals surface area contributed by atoms with E-state index >= 15 is 0 Å². The third-order valence-corrected chi connectivity index (χ3v) is 4.55. The lowest BCUT2D eigenvalue weighted by atomic mass is 10.1. The number of nitrogens with zero attached hydrogens (tertiary/aromatic N) is 2. The summed E-state index contributed by atoms with van der Waals surface area (Å²) in [6.45, 7) is 1.56. The Labute approximate surface area is 164 Å². The number of amidine groups is 1. The molecule has 1 heterocycles. The van der Waals surface area contributed by atoms with Crippen molar-refractivity contribution in [1.29, 1.82) is 0 Å². The number of aliphatic imine (C=N–C) groups is 1. The minimum Gasteiger partial charge on any atom is -0.488 e. The lowest BCUT2D eigenvalue weighted by Crippen LogP contribution is -2.23. The van der Waals surface area contributed by atoms with Crippen LogP contribution in [0.3, 0.4) is 0 Å².